The van der Waals surface area contributed by atoms with Gasteiger partial charge in [0.2, 0.25) is 0 Å². The van der Waals surface area contributed by atoms with Crippen molar-refractivity contribution in [1.29, 1.82) is 0 Å². The van der Waals surface area contributed by atoms with Gasteiger partial charge < -0.3 is 9.39 Å². The van der Waals surface area contributed by atoms with Gasteiger partial charge in [-0.2, -0.15) is 0 Å². The Kier molecular flexibility index (Phi) is 6.59. The molecule has 0 saturated carbocycles. The summed E-state index contributed by atoms with van der Waals surface area (Å²) in [6.07, 6.45) is 1.09. The molecular weight excluding hydrogens is 404 g/mol. The molecule has 0 N–H and O–H groups in total. The Morgan fingerprint density at radius 1 is 1.00 bits per heavy atom. The summed E-state index contributed by atoms with van der Waals surface area (Å²) in [5.74, 6) is -1.61. The third-order valence-corrected chi connectivity index (χ3v) is 6.36. The summed E-state index contributed by atoms with van der Waals surface area (Å²) in [5, 5.41) is -0.290. The minimum atomic E-state index is -3.47. The van der Waals surface area contributed by atoms with E-state index in [0.717, 1.165) is 18.4 Å². The highest BCUT2D eigenvalue weighted by Gasteiger charge is 2.34. The zero-order valence-corrected chi connectivity index (χ0v) is 18.4. The molecule has 2 aromatic carbocycles. The Hall–Kier alpha value is -1.50. The predicted octanol–water partition coefficient (Wildman–Crippen LogP) is 3.85. The lowest BCUT2D eigenvalue weighted by molar-refractivity contribution is 0.0840. The molecule has 2 rings (SSSR count). The van der Waals surface area contributed by atoms with Gasteiger partial charge in [-0.05, 0) is 49.6 Å². The van der Waals surface area contributed by atoms with Crippen LogP contribution in [-0.4, -0.2) is 32.9 Å². The highest BCUT2D eigenvalue weighted by atomic mass is 32.2. The Balaban J connectivity index is 2.42. The molecule has 0 aliphatic rings. The number of halogens is 2. The van der Waals surface area contributed by atoms with E-state index >= 15 is 0 Å². The van der Waals surface area contributed by atoms with Crippen molar-refractivity contribution in [2.24, 2.45) is 0 Å². The van der Waals surface area contributed by atoms with Crippen LogP contribution in [0.25, 0.3) is 0 Å². The van der Waals surface area contributed by atoms with E-state index in [2.05, 4.69) is 9.24 Å². The fourth-order valence-corrected chi connectivity index (χ4v) is 2.71. The van der Waals surface area contributed by atoms with Gasteiger partial charge in [0.25, 0.3) is 0 Å². The van der Waals surface area contributed by atoms with E-state index in [4.69, 9.17) is 9.39 Å². The van der Waals surface area contributed by atoms with Gasteiger partial charge in [0.1, 0.15) is 11.6 Å². The fourth-order valence-electron chi connectivity index (χ4n) is 1.98. The van der Waals surface area contributed by atoms with Gasteiger partial charge in [0, 0.05) is 17.5 Å². The van der Waals surface area contributed by atoms with Crippen molar-refractivity contribution in [3.05, 3.63) is 48.0 Å². The van der Waals surface area contributed by atoms with Gasteiger partial charge in [-0.1, -0.05) is 13.8 Å². The second-order valence-corrected chi connectivity index (χ2v) is 11.1. The fraction of sp³-hybridized carbons (Fsp3) is 0.368. The largest absolute Gasteiger partial charge is 0.455 e. The van der Waals surface area contributed by atoms with Crippen molar-refractivity contribution in [2.45, 2.75) is 43.3 Å². The SMILES string of the molecule is CC(C)(P)C(C)(C)O[B]c1cc(S(C)(=O)=O)ccc1Oc1ccc(F)cc1F. The van der Waals surface area contributed by atoms with Crippen LogP contribution in [-0.2, 0) is 14.5 Å². The Bertz CT molecular complexity index is 972. The van der Waals surface area contributed by atoms with Crippen LogP contribution >= 0.6 is 9.24 Å². The topological polar surface area (TPSA) is 52.6 Å². The molecule has 0 aromatic heterocycles. The van der Waals surface area contributed by atoms with Crippen LogP contribution in [0.1, 0.15) is 27.7 Å². The Labute approximate surface area is 168 Å². The quantitative estimate of drug-likeness (QED) is 0.498. The molecule has 0 saturated heterocycles. The van der Waals surface area contributed by atoms with Crippen molar-refractivity contribution in [1.82, 2.24) is 0 Å². The summed E-state index contributed by atoms with van der Waals surface area (Å²) in [5.41, 5.74) is -0.300. The maximum Gasteiger partial charge on any atom is 0.334 e. The van der Waals surface area contributed by atoms with Crippen LogP contribution in [0.2, 0.25) is 0 Å². The van der Waals surface area contributed by atoms with Crippen LogP contribution in [0, 0.1) is 11.6 Å². The molecule has 1 unspecified atom stereocenters. The van der Waals surface area contributed by atoms with Crippen LogP contribution in [0.15, 0.2) is 41.3 Å². The number of hydrogen-bond donors (Lipinski definition) is 0. The molecule has 0 aliphatic carbocycles. The van der Waals surface area contributed by atoms with Crippen molar-refractivity contribution in [3.8, 4) is 11.5 Å². The smallest absolute Gasteiger partial charge is 0.334 e. The van der Waals surface area contributed by atoms with Crippen molar-refractivity contribution in [3.63, 3.8) is 0 Å². The lowest BCUT2D eigenvalue weighted by Crippen LogP contribution is -2.45. The van der Waals surface area contributed by atoms with E-state index in [1.54, 1.807) is 0 Å². The second kappa shape index (κ2) is 8.09. The number of hydrogen-bond acceptors (Lipinski definition) is 4. The zero-order valence-electron chi connectivity index (χ0n) is 16.4. The van der Waals surface area contributed by atoms with E-state index in [0.29, 0.717) is 11.5 Å². The van der Waals surface area contributed by atoms with Gasteiger partial charge in [0.05, 0.1) is 10.5 Å². The molecule has 0 spiro atoms. The number of sulfone groups is 1. The summed E-state index contributed by atoms with van der Waals surface area (Å²) in [6, 6.07) is 7.10. The van der Waals surface area contributed by atoms with E-state index in [-0.39, 0.29) is 21.6 Å². The molecular formula is C19H23BF2O4PS. The monoisotopic (exact) mass is 427 g/mol. The standard InChI is InChI=1S/C19H23BF2O4PS/c1-18(2,19(3,4)27)26-20-14-11-13(28(5,23)24)7-9-16(14)25-17-8-6-12(21)10-15(17)22/h6-11H,27H2,1-5H3. The average Bonchev–Trinajstić information content (AvgIpc) is 2.54. The lowest BCUT2D eigenvalue weighted by Gasteiger charge is -2.39. The summed E-state index contributed by atoms with van der Waals surface area (Å²) >= 11 is 0. The highest BCUT2D eigenvalue weighted by Crippen LogP contribution is 2.33. The molecule has 0 heterocycles. The molecule has 0 fully saturated rings. The minimum absolute atomic E-state index is 0.0669. The maximum absolute atomic E-state index is 14.0. The Morgan fingerprint density at radius 2 is 1.61 bits per heavy atom. The lowest BCUT2D eigenvalue weighted by atomic mass is 9.83. The summed E-state index contributed by atoms with van der Waals surface area (Å²) in [4.78, 5) is 0.0669. The van der Waals surface area contributed by atoms with Crippen molar-refractivity contribution >= 4 is 32.0 Å². The van der Waals surface area contributed by atoms with Crippen LogP contribution in [0.4, 0.5) is 8.78 Å². The first-order chi connectivity index (χ1) is 12.7. The molecule has 2 aromatic rings. The molecule has 1 radical (unpaired) electrons. The first kappa shape index (κ1) is 22.8. The second-order valence-electron chi connectivity index (χ2n) is 7.62. The van der Waals surface area contributed by atoms with Gasteiger partial charge in [-0.25, -0.2) is 17.2 Å². The molecule has 151 valence electrons. The maximum atomic E-state index is 14.0. The molecule has 1 atom stereocenters. The third-order valence-electron chi connectivity index (χ3n) is 4.56. The number of rotatable bonds is 7. The van der Waals surface area contributed by atoms with E-state index in [1.165, 1.54) is 25.7 Å². The molecule has 9 heteroatoms. The summed E-state index contributed by atoms with van der Waals surface area (Å²) in [7, 11) is 0.613. The van der Waals surface area contributed by atoms with Crippen molar-refractivity contribution < 1.29 is 26.6 Å². The molecule has 0 aliphatic heterocycles. The van der Waals surface area contributed by atoms with Crippen LogP contribution in [0.3, 0.4) is 0 Å². The van der Waals surface area contributed by atoms with Gasteiger partial charge in [-0.3, -0.25) is 0 Å². The molecule has 4 nitrogen and oxygen atoms in total. The normalized spacial score (nSPS) is 12.7. The minimum Gasteiger partial charge on any atom is -0.455 e. The van der Waals surface area contributed by atoms with Gasteiger partial charge in [-0.15, -0.1) is 9.24 Å². The van der Waals surface area contributed by atoms with Gasteiger partial charge in [0.15, 0.2) is 21.4 Å². The zero-order chi connectivity index (χ0) is 21.3. The van der Waals surface area contributed by atoms with Gasteiger partial charge >= 0.3 is 7.48 Å². The first-order valence-electron chi connectivity index (χ1n) is 8.48. The summed E-state index contributed by atoms with van der Waals surface area (Å²) < 4.78 is 62.4. The van der Waals surface area contributed by atoms with E-state index in [1.807, 2.05) is 27.7 Å². The van der Waals surface area contributed by atoms with E-state index in [9.17, 15) is 17.2 Å². The average molecular weight is 427 g/mol. The number of ether oxygens (including phenoxy) is 1. The predicted molar refractivity (Wildman–Crippen MR) is 110 cm³/mol. The molecule has 28 heavy (non-hydrogen) atoms. The van der Waals surface area contributed by atoms with Crippen LogP contribution < -0.4 is 10.2 Å². The number of benzene rings is 2. The first-order valence-corrected chi connectivity index (χ1v) is 10.9. The van der Waals surface area contributed by atoms with E-state index < -0.39 is 27.1 Å². The molecule has 0 amide bonds. The third kappa shape index (κ3) is 5.52. The highest BCUT2D eigenvalue weighted by molar-refractivity contribution is 7.90. The molecule has 0 bridgehead atoms. The van der Waals surface area contributed by atoms with Crippen molar-refractivity contribution in [2.75, 3.05) is 6.26 Å². The Morgan fingerprint density at radius 3 is 2.14 bits per heavy atom. The van der Waals surface area contributed by atoms with Crippen LogP contribution in [0.5, 0.6) is 11.5 Å². The summed E-state index contributed by atoms with van der Waals surface area (Å²) in [6.45, 7) is 7.72.